The molecule has 0 fully saturated rings. The van der Waals surface area contributed by atoms with Crippen molar-refractivity contribution in [2.24, 2.45) is 0 Å². The van der Waals surface area contributed by atoms with Crippen LogP contribution in [0, 0.1) is 5.82 Å². The molecule has 3 rings (SSSR count). The number of rotatable bonds is 7. The van der Waals surface area contributed by atoms with Crippen LogP contribution in [0.2, 0.25) is 0 Å². The number of furan rings is 1. The van der Waals surface area contributed by atoms with Gasteiger partial charge < -0.3 is 9.32 Å². The van der Waals surface area contributed by atoms with E-state index < -0.39 is 0 Å². The van der Waals surface area contributed by atoms with Gasteiger partial charge in [0.2, 0.25) is 0 Å². The Balaban J connectivity index is 0.00000243. The first-order chi connectivity index (χ1) is 12.1. The number of anilines is 1. The van der Waals surface area contributed by atoms with Gasteiger partial charge in [-0.2, -0.15) is 0 Å². The number of benzene rings is 1. The summed E-state index contributed by atoms with van der Waals surface area (Å²) in [5, 5.41) is 0.480. The van der Waals surface area contributed by atoms with Gasteiger partial charge in [-0.1, -0.05) is 31.3 Å². The highest BCUT2D eigenvalue weighted by Crippen LogP contribution is 2.31. The molecule has 2 heterocycles. The first kappa shape index (κ1) is 20.4. The molecule has 0 bridgehead atoms. The minimum Gasteiger partial charge on any atom is -0.459 e. The average molecular weight is 398 g/mol. The number of nitrogens with zero attached hydrogens (tertiary/aromatic N) is 3. The fourth-order valence-electron chi connectivity index (χ4n) is 2.62. The second-order valence-corrected chi connectivity index (χ2v) is 6.55. The van der Waals surface area contributed by atoms with Gasteiger partial charge in [0.1, 0.15) is 11.3 Å². The zero-order valence-electron chi connectivity index (χ0n) is 14.6. The SMILES string of the molecule is CCN(CC)CCN(C(=O)c1ccco1)c1nc2c(F)cccc2s1.Cl. The van der Waals surface area contributed by atoms with E-state index in [-0.39, 0.29) is 29.9 Å². The molecule has 5 nitrogen and oxygen atoms in total. The smallest absolute Gasteiger partial charge is 0.295 e. The number of likely N-dealkylation sites (N-methyl/N-ethyl adjacent to an activating group) is 1. The molecule has 0 aliphatic carbocycles. The molecule has 0 aliphatic rings. The van der Waals surface area contributed by atoms with Crippen LogP contribution in [-0.4, -0.2) is 42.0 Å². The van der Waals surface area contributed by atoms with Gasteiger partial charge in [-0.05, 0) is 37.4 Å². The summed E-state index contributed by atoms with van der Waals surface area (Å²) in [7, 11) is 0. The number of hydrogen-bond acceptors (Lipinski definition) is 5. The van der Waals surface area contributed by atoms with Crippen LogP contribution in [0.25, 0.3) is 10.2 Å². The van der Waals surface area contributed by atoms with Crippen LogP contribution < -0.4 is 4.90 Å². The molecule has 26 heavy (non-hydrogen) atoms. The molecule has 140 valence electrons. The Hall–Kier alpha value is -1.96. The van der Waals surface area contributed by atoms with E-state index in [1.54, 1.807) is 29.2 Å². The number of carbonyl (C=O) groups is 1. The molecule has 0 N–H and O–H groups in total. The maximum absolute atomic E-state index is 14.0. The molecular weight excluding hydrogens is 377 g/mol. The van der Waals surface area contributed by atoms with Crippen LogP contribution >= 0.6 is 23.7 Å². The molecule has 0 saturated carbocycles. The fraction of sp³-hybridized carbons (Fsp3) is 0.333. The molecular formula is C18H21ClFN3O2S. The van der Waals surface area contributed by atoms with E-state index in [1.165, 1.54) is 23.7 Å². The molecule has 0 unspecified atom stereocenters. The van der Waals surface area contributed by atoms with Crippen molar-refractivity contribution in [2.75, 3.05) is 31.1 Å². The normalized spacial score (nSPS) is 10.9. The molecule has 0 saturated heterocycles. The topological polar surface area (TPSA) is 49.6 Å². The molecule has 0 spiro atoms. The minimum atomic E-state index is -0.380. The molecule has 0 radical (unpaired) electrons. The summed E-state index contributed by atoms with van der Waals surface area (Å²) in [5.41, 5.74) is 0.294. The summed E-state index contributed by atoms with van der Waals surface area (Å²) in [6, 6.07) is 8.13. The lowest BCUT2D eigenvalue weighted by molar-refractivity contribution is 0.0957. The molecule has 0 aliphatic heterocycles. The quantitative estimate of drug-likeness (QED) is 0.591. The molecule has 3 aromatic rings. The number of carbonyl (C=O) groups excluding carboxylic acids is 1. The number of amides is 1. The highest BCUT2D eigenvalue weighted by molar-refractivity contribution is 7.22. The predicted molar refractivity (Wildman–Crippen MR) is 105 cm³/mol. The largest absolute Gasteiger partial charge is 0.459 e. The van der Waals surface area contributed by atoms with E-state index in [2.05, 4.69) is 23.7 Å². The van der Waals surface area contributed by atoms with Gasteiger partial charge in [-0.25, -0.2) is 9.37 Å². The minimum absolute atomic E-state index is 0. The standard InChI is InChI=1S/C18H20FN3O2S.ClH/c1-3-21(4-2)10-11-22(17(23)14-8-6-12-24-14)18-20-16-13(19)7-5-9-15(16)25-18;/h5-9,12H,3-4,10-11H2,1-2H3;1H. The number of hydrogen-bond donors (Lipinski definition) is 0. The highest BCUT2D eigenvalue weighted by Gasteiger charge is 2.24. The number of thiazole rings is 1. The van der Waals surface area contributed by atoms with Crippen LogP contribution in [0.3, 0.4) is 0 Å². The zero-order chi connectivity index (χ0) is 17.8. The third kappa shape index (κ3) is 4.23. The van der Waals surface area contributed by atoms with Gasteiger partial charge in [0.15, 0.2) is 10.9 Å². The van der Waals surface area contributed by atoms with E-state index in [4.69, 9.17) is 4.42 Å². The summed E-state index contributed by atoms with van der Waals surface area (Å²) >= 11 is 1.31. The third-order valence-electron chi connectivity index (χ3n) is 4.10. The van der Waals surface area contributed by atoms with E-state index in [0.717, 1.165) is 17.8 Å². The first-order valence-corrected chi connectivity index (χ1v) is 9.08. The van der Waals surface area contributed by atoms with Gasteiger partial charge in [-0.15, -0.1) is 12.4 Å². The molecule has 8 heteroatoms. The Labute approximate surface area is 161 Å². The number of fused-ring (bicyclic) bond motifs is 1. The Morgan fingerprint density at radius 1 is 1.19 bits per heavy atom. The van der Waals surface area contributed by atoms with Crippen LogP contribution in [0.4, 0.5) is 9.52 Å². The Morgan fingerprint density at radius 2 is 1.96 bits per heavy atom. The summed E-state index contributed by atoms with van der Waals surface area (Å²) in [4.78, 5) is 21.0. The van der Waals surface area contributed by atoms with Crippen molar-refractivity contribution in [1.82, 2.24) is 9.88 Å². The van der Waals surface area contributed by atoms with Crippen molar-refractivity contribution in [3.8, 4) is 0 Å². The number of aromatic nitrogens is 1. The zero-order valence-corrected chi connectivity index (χ0v) is 16.3. The van der Waals surface area contributed by atoms with Crippen molar-refractivity contribution < 1.29 is 13.6 Å². The summed E-state index contributed by atoms with van der Waals surface area (Å²) in [5.74, 6) is -0.398. The second-order valence-electron chi connectivity index (χ2n) is 5.54. The van der Waals surface area contributed by atoms with Crippen LogP contribution in [-0.2, 0) is 0 Å². The fourth-order valence-corrected chi connectivity index (χ4v) is 3.62. The Morgan fingerprint density at radius 3 is 2.58 bits per heavy atom. The summed E-state index contributed by atoms with van der Waals surface area (Å²) in [6.07, 6.45) is 1.47. The maximum Gasteiger partial charge on any atom is 0.295 e. The molecule has 1 aromatic carbocycles. The monoisotopic (exact) mass is 397 g/mol. The van der Waals surface area contributed by atoms with E-state index in [0.29, 0.717) is 23.7 Å². The van der Waals surface area contributed by atoms with Gasteiger partial charge in [-0.3, -0.25) is 9.69 Å². The van der Waals surface area contributed by atoms with Crippen LogP contribution in [0.1, 0.15) is 24.4 Å². The van der Waals surface area contributed by atoms with Gasteiger partial charge >= 0.3 is 0 Å². The highest BCUT2D eigenvalue weighted by atomic mass is 35.5. The molecule has 2 aromatic heterocycles. The van der Waals surface area contributed by atoms with Crippen molar-refractivity contribution in [1.29, 1.82) is 0 Å². The lowest BCUT2D eigenvalue weighted by Crippen LogP contribution is -2.38. The van der Waals surface area contributed by atoms with Gasteiger partial charge in [0, 0.05) is 13.1 Å². The lowest BCUT2D eigenvalue weighted by atomic mass is 10.3. The predicted octanol–water partition coefficient (Wildman–Crippen LogP) is 4.44. The van der Waals surface area contributed by atoms with Crippen molar-refractivity contribution in [3.63, 3.8) is 0 Å². The summed E-state index contributed by atoms with van der Waals surface area (Å²) in [6.45, 7) is 7.12. The number of para-hydroxylation sites is 1. The van der Waals surface area contributed by atoms with E-state index >= 15 is 0 Å². The van der Waals surface area contributed by atoms with Gasteiger partial charge in [0.25, 0.3) is 5.91 Å². The lowest BCUT2D eigenvalue weighted by Gasteiger charge is -2.24. The van der Waals surface area contributed by atoms with Crippen LogP contribution in [0.15, 0.2) is 41.0 Å². The van der Waals surface area contributed by atoms with Crippen molar-refractivity contribution >= 4 is 45.0 Å². The molecule has 1 amide bonds. The Kier molecular flexibility index (Phi) is 7.14. The Bertz CT molecular complexity index is 849. The molecule has 0 atom stereocenters. The van der Waals surface area contributed by atoms with Crippen molar-refractivity contribution in [3.05, 3.63) is 48.2 Å². The maximum atomic E-state index is 14.0. The second kappa shape index (κ2) is 9.12. The van der Waals surface area contributed by atoms with Gasteiger partial charge in [0.05, 0.1) is 11.0 Å². The van der Waals surface area contributed by atoms with E-state index in [1.807, 2.05) is 0 Å². The van der Waals surface area contributed by atoms with Crippen LogP contribution in [0.5, 0.6) is 0 Å². The third-order valence-corrected chi connectivity index (χ3v) is 5.14. The number of halogens is 2. The first-order valence-electron chi connectivity index (χ1n) is 8.26. The van der Waals surface area contributed by atoms with Crippen molar-refractivity contribution in [2.45, 2.75) is 13.8 Å². The summed E-state index contributed by atoms with van der Waals surface area (Å²) < 4.78 is 19.9. The van der Waals surface area contributed by atoms with E-state index in [9.17, 15) is 9.18 Å². The average Bonchev–Trinajstić information content (AvgIpc) is 3.28.